The van der Waals surface area contributed by atoms with Crippen LogP contribution in [-0.4, -0.2) is 33.4 Å². The van der Waals surface area contributed by atoms with Gasteiger partial charge in [-0.15, -0.1) is 0 Å². The van der Waals surface area contributed by atoms with Gasteiger partial charge in [0.2, 0.25) is 0 Å². The molecule has 3 atom stereocenters. The fraction of sp³-hybridized carbons (Fsp3) is 0.591. The highest BCUT2D eigenvalue weighted by molar-refractivity contribution is 7.85. The third kappa shape index (κ3) is 6.74. The normalized spacial score (nSPS) is 23.6. The van der Waals surface area contributed by atoms with Gasteiger partial charge in [0.05, 0.1) is 12.9 Å². The molecule has 0 heterocycles. The fourth-order valence-electron chi connectivity index (χ4n) is 4.00. The molecule has 0 spiro atoms. The van der Waals surface area contributed by atoms with Crippen LogP contribution in [0.15, 0.2) is 42.5 Å². The predicted octanol–water partition coefficient (Wildman–Crippen LogP) is 4.23. The molecule has 5 nitrogen and oxygen atoms in total. The fourth-order valence-corrected chi connectivity index (χ4v) is 4.40. The van der Waals surface area contributed by atoms with Crippen molar-refractivity contribution in [2.75, 3.05) is 12.9 Å². The Kier molecular flexibility index (Phi) is 7.84. The Morgan fingerprint density at radius 3 is 2.54 bits per heavy atom. The lowest BCUT2D eigenvalue weighted by molar-refractivity contribution is -0.150. The van der Waals surface area contributed by atoms with E-state index in [1.54, 1.807) is 6.08 Å². The maximum atomic E-state index is 12.3. The number of hydrogen-bond acceptors (Lipinski definition) is 5. The van der Waals surface area contributed by atoms with Crippen molar-refractivity contribution in [2.45, 2.75) is 58.0 Å². The van der Waals surface area contributed by atoms with Gasteiger partial charge in [-0.2, -0.15) is 8.42 Å². The van der Waals surface area contributed by atoms with E-state index in [2.05, 4.69) is 37.1 Å². The largest absolute Gasteiger partial charge is 0.459 e. The van der Waals surface area contributed by atoms with E-state index in [1.165, 1.54) is 11.6 Å². The Morgan fingerprint density at radius 2 is 1.89 bits per heavy atom. The van der Waals surface area contributed by atoms with Gasteiger partial charge in [0.15, 0.2) is 0 Å². The van der Waals surface area contributed by atoms with Crippen molar-refractivity contribution in [1.82, 2.24) is 0 Å². The summed E-state index contributed by atoms with van der Waals surface area (Å²) in [5, 5.41) is 0. The van der Waals surface area contributed by atoms with Crippen LogP contribution >= 0.6 is 0 Å². The molecule has 0 amide bonds. The summed E-state index contributed by atoms with van der Waals surface area (Å²) in [4.78, 5) is 12.3. The van der Waals surface area contributed by atoms with Crippen LogP contribution in [0.5, 0.6) is 0 Å². The van der Waals surface area contributed by atoms with Crippen molar-refractivity contribution in [3.63, 3.8) is 0 Å². The van der Waals surface area contributed by atoms with Gasteiger partial charge in [-0.25, -0.2) is 4.79 Å². The maximum Gasteiger partial charge on any atom is 0.330 e. The Labute approximate surface area is 169 Å². The lowest BCUT2D eigenvalue weighted by Crippen LogP contribution is -2.43. The molecule has 6 heteroatoms. The van der Waals surface area contributed by atoms with Crippen LogP contribution in [0.4, 0.5) is 0 Å². The van der Waals surface area contributed by atoms with Gasteiger partial charge in [-0.05, 0) is 36.2 Å². The summed E-state index contributed by atoms with van der Waals surface area (Å²) in [5.74, 6) is 0.386. The van der Waals surface area contributed by atoms with Crippen molar-refractivity contribution >= 4 is 16.1 Å². The van der Waals surface area contributed by atoms with Crippen molar-refractivity contribution in [3.05, 3.63) is 48.0 Å². The van der Waals surface area contributed by atoms with Crippen LogP contribution in [0.1, 0.15) is 52.0 Å². The molecule has 1 fully saturated rings. The van der Waals surface area contributed by atoms with E-state index in [-0.39, 0.29) is 30.0 Å². The topological polar surface area (TPSA) is 69.7 Å². The van der Waals surface area contributed by atoms with E-state index >= 15 is 0 Å². The molecule has 0 saturated heterocycles. The number of benzene rings is 1. The minimum atomic E-state index is -3.45. The van der Waals surface area contributed by atoms with E-state index in [1.807, 2.05) is 18.2 Å². The van der Waals surface area contributed by atoms with E-state index in [9.17, 15) is 13.2 Å². The highest BCUT2D eigenvalue weighted by Gasteiger charge is 2.41. The number of carbonyl (C=O) groups is 1. The first kappa shape index (κ1) is 22.6. The summed E-state index contributed by atoms with van der Waals surface area (Å²) in [6.07, 6.45) is 7.18. The molecule has 1 aliphatic carbocycles. The Bertz CT molecular complexity index is 767. The van der Waals surface area contributed by atoms with Crippen LogP contribution in [-0.2, 0) is 29.2 Å². The summed E-state index contributed by atoms with van der Waals surface area (Å²) < 4.78 is 32.4. The first-order chi connectivity index (χ1) is 13.1. The number of ether oxygens (including phenoxy) is 1. The van der Waals surface area contributed by atoms with Crippen LogP contribution in [0.25, 0.3) is 0 Å². The lowest BCUT2D eigenvalue weighted by atomic mass is 9.64. The Hall–Kier alpha value is -1.66. The highest BCUT2D eigenvalue weighted by atomic mass is 32.2. The zero-order valence-electron chi connectivity index (χ0n) is 17.3. The smallest absolute Gasteiger partial charge is 0.330 e. The van der Waals surface area contributed by atoms with Gasteiger partial charge < -0.3 is 4.74 Å². The van der Waals surface area contributed by atoms with Crippen molar-refractivity contribution in [2.24, 2.45) is 11.8 Å². The van der Waals surface area contributed by atoms with Crippen LogP contribution in [0.3, 0.4) is 0 Å². The summed E-state index contributed by atoms with van der Waals surface area (Å²) in [5.41, 5.74) is 1.16. The van der Waals surface area contributed by atoms with Gasteiger partial charge in [0.1, 0.15) is 6.10 Å². The lowest BCUT2D eigenvalue weighted by Gasteiger charge is -2.43. The molecule has 0 N–H and O–H groups in total. The van der Waals surface area contributed by atoms with Crippen molar-refractivity contribution < 1.29 is 22.1 Å². The zero-order chi connectivity index (χ0) is 20.8. The number of esters is 1. The quantitative estimate of drug-likeness (QED) is 0.279. The Morgan fingerprint density at radius 1 is 1.21 bits per heavy atom. The molecule has 0 aromatic heterocycles. The molecule has 1 aliphatic rings. The molecular weight excluding hydrogens is 376 g/mol. The average molecular weight is 409 g/mol. The first-order valence-electron chi connectivity index (χ1n) is 9.86. The first-order valence-corrected chi connectivity index (χ1v) is 11.7. The zero-order valence-corrected chi connectivity index (χ0v) is 18.1. The van der Waals surface area contributed by atoms with Gasteiger partial charge >= 0.3 is 5.97 Å². The molecule has 1 aromatic rings. The summed E-state index contributed by atoms with van der Waals surface area (Å²) in [6, 6.07) is 10.4. The van der Waals surface area contributed by atoms with Gasteiger partial charge in [-0.3, -0.25) is 4.18 Å². The molecule has 2 rings (SSSR count). The highest BCUT2D eigenvalue weighted by Crippen LogP contribution is 2.43. The number of hydrogen-bond donors (Lipinski definition) is 0. The van der Waals surface area contributed by atoms with Gasteiger partial charge in [0.25, 0.3) is 10.1 Å². The second kappa shape index (κ2) is 9.70. The summed E-state index contributed by atoms with van der Waals surface area (Å²) >= 11 is 0. The summed E-state index contributed by atoms with van der Waals surface area (Å²) in [7, 11) is -3.45. The Balaban J connectivity index is 2.01. The van der Waals surface area contributed by atoms with E-state index in [0.717, 1.165) is 25.5 Å². The van der Waals surface area contributed by atoms with E-state index in [0.29, 0.717) is 12.3 Å². The standard InChI is InChI=1S/C22H32O5S/c1-17-13-14-19(22(2,3)18-10-6-5-7-11-18)20(16-17)27-21(23)12-8-9-15-26-28(4,24)25/h5-8,10-12,17,19-20H,9,13-16H2,1-4H3/b12-8+/t17-,19-,20-/m1/s1. The van der Waals surface area contributed by atoms with Crippen molar-refractivity contribution in [3.8, 4) is 0 Å². The third-order valence-corrected chi connectivity index (χ3v) is 6.20. The average Bonchev–Trinajstić information content (AvgIpc) is 2.61. The third-order valence-electron chi connectivity index (χ3n) is 5.60. The molecule has 0 unspecified atom stereocenters. The van der Waals surface area contributed by atoms with Gasteiger partial charge in [-0.1, -0.05) is 63.6 Å². The molecule has 1 aromatic carbocycles. The molecule has 28 heavy (non-hydrogen) atoms. The maximum absolute atomic E-state index is 12.3. The number of rotatable bonds is 8. The SMILES string of the molecule is C[C@@H]1CC[C@@H](C(C)(C)c2ccccc2)[C@H](OC(=O)/C=C/CCOS(C)(=O)=O)C1. The minimum absolute atomic E-state index is 0.0206. The molecule has 0 bridgehead atoms. The second-order valence-corrected chi connectivity index (χ2v) is 9.95. The van der Waals surface area contributed by atoms with E-state index < -0.39 is 10.1 Å². The summed E-state index contributed by atoms with van der Waals surface area (Å²) in [6.45, 7) is 6.67. The number of carbonyl (C=O) groups excluding carboxylic acids is 1. The van der Waals surface area contributed by atoms with Crippen molar-refractivity contribution in [1.29, 1.82) is 0 Å². The van der Waals surface area contributed by atoms with Crippen LogP contribution in [0, 0.1) is 11.8 Å². The monoisotopic (exact) mass is 408 g/mol. The molecule has 1 saturated carbocycles. The molecular formula is C22H32O5S. The molecule has 0 aliphatic heterocycles. The van der Waals surface area contributed by atoms with Crippen LogP contribution < -0.4 is 0 Å². The minimum Gasteiger partial charge on any atom is -0.459 e. The van der Waals surface area contributed by atoms with Crippen LogP contribution in [0.2, 0.25) is 0 Å². The predicted molar refractivity (Wildman–Crippen MR) is 110 cm³/mol. The van der Waals surface area contributed by atoms with Gasteiger partial charge in [0, 0.05) is 12.0 Å². The second-order valence-electron chi connectivity index (χ2n) is 8.30. The molecule has 0 radical (unpaired) electrons. The van der Waals surface area contributed by atoms with E-state index in [4.69, 9.17) is 4.74 Å². The molecule has 156 valence electrons.